The molecule has 8 heteroatoms. The largest absolute Gasteiger partial charge is 0.486 e. The van der Waals surface area contributed by atoms with Gasteiger partial charge in [-0.1, -0.05) is 6.07 Å². The summed E-state index contributed by atoms with van der Waals surface area (Å²) < 4.78 is 45.7. The van der Waals surface area contributed by atoms with E-state index in [1.165, 1.54) is 0 Å². The Hall–Kier alpha value is -1.93. The number of halogens is 2. The van der Waals surface area contributed by atoms with Gasteiger partial charge in [-0.2, -0.15) is 0 Å². The van der Waals surface area contributed by atoms with E-state index in [0.717, 1.165) is 12.0 Å². The molecular formula is C21H28F2N2O4. The van der Waals surface area contributed by atoms with Gasteiger partial charge < -0.3 is 19.1 Å². The van der Waals surface area contributed by atoms with Gasteiger partial charge in [-0.3, -0.25) is 9.69 Å². The van der Waals surface area contributed by atoms with Crippen LogP contribution in [0.15, 0.2) is 18.2 Å². The van der Waals surface area contributed by atoms with Crippen LogP contribution in [-0.4, -0.2) is 74.7 Å². The number of benzene rings is 1. The number of piperidine rings is 2. The van der Waals surface area contributed by atoms with Gasteiger partial charge >= 0.3 is 0 Å². The fourth-order valence-corrected chi connectivity index (χ4v) is 4.85. The summed E-state index contributed by atoms with van der Waals surface area (Å²) in [4.78, 5) is 16.6. The van der Waals surface area contributed by atoms with Crippen molar-refractivity contribution in [3.05, 3.63) is 23.8 Å². The van der Waals surface area contributed by atoms with Gasteiger partial charge in [0, 0.05) is 39.7 Å². The minimum absolute atomic E-state index is 0.160. The van der Waals surface area contributed by atoms with Crippen LogP contribution in [0.25, 0.3) is 0 Å². The van der Waals surface area contributed by atoms with Gasteiger partial charge in [0.25, 0.3) is 5.92 Å². The maximum Gasteiger partial charge on any atom is 0.261 e. The topological polar surface area (TPSA) is 51.2 Å². The number of fused-ring (bicyclic) bond motifs is 1. The number of methoxy groups -OCH3 is 1. The molecule has 1 atom stereocenters. The molecule has 1 aromatic rings. The Kier molecular flexibility index (Phi) is 5.66. The summed E-state index contributed by atoms with van der Waals surface area (Å²) in [5, 5.41) is 0. The molecule has 160 valence electrons. The minimum atomic E-state index is -2.90. The molecule has 0 saturated carbocycles. The zero-order valence-corrected chi connectivity index (χ0v) is 16.8. The molecular weight excluding hydrogens is 382 g/mol. The lowest BCUT2D eigenvalue weighted by molar-refractivity contribution is -0.170. The minimum Gasteiger partial charge on any atom is -0.486 e. The first-order valence-corrected chi connectivity index (χ1v) is 10.2. The molecule has 3 heterocycles. The highest BCUT2D eigenvalue weighted by Gasteiger charge is 2.55. The van der Waals surface area contributed by atoms with Crippen LogP contribution in [0.1, 0.15) is 24.8 Å². The Labute approximate surface area is 169 Å². The van der Waals surface area contributed by atoms with E-state index >= 15 is 0 Å². The van der Waals surface area contributed by atoms with Gasteiger partial charge in [0.05, 0.1) is 18.6 Å². The molecule has 0 radical (unpaired) electrons. The average Bonchev–Trinajstić information content (AvgIpc) is 2.68. The lowest BCUT2D eigenvalue weighted by atomic mass is 9.71. The highest BCUT2D eigenvalue weighted by Crippen LogP contribution is 2.45. The van der Waals surface area contributed by atoms with E-state index in [1.54, 1.807) is 16.9 Å². The molecule has 2 fully saturated rings. The van der Waals surface area contributed by atoms with Crippen molar-refractivity contribution in [3.8, 4) is 11.5 Å². The molecule has 29 heavy (non-hydrogen) atoms. The summed E-state index contributed by atoms with van der Waals surface area (Å²) in [6.45, 7) is 2.82. The van der Waals surface area contributed by atoms with Crippen LogP contribution in [0.5, 0.6) is 11.5 Å². The predicted octanol–water partition coefficient (Wildman–Crippen LogP) is 2.55. The van der Waals surface area contributed by atoms with Crippen molar-refractivity contribution in [2.45, 2.75) is 31.7 Å². The summed E-state index contributed by atoms with van der Waals surface area (Å²) in [5.74, 6) is -1.73. The monoisotopic (exact) mass is 410 g/mol. The van der Waals surface area contributed by atoms with Crippen LogP contribution in [0, 0.1) is 5.41 Å². The van der Waals surface area contributed by atoms with Gasteiger partial charge in [-0.05, 0) is 30.5 Å². The number of ether oxygens (including phenoxy) is 3. The Morgan fingerprint density at radius 3 is 2.76 bits per heavy atom. The van der Waals surface area contributed by atoms with Gasteiger partial charge in [-0.15, -0.1) is 0 Å². The van der Waals surface area contributed by atoms with Gasteiger partial charge in [0.15, 0.2) is 11.5 Å². The molecule has 0 aliphatic carbocycles. The van der Waals surface area contributed by atoms with E-state index < -0.39 is 11.3 Å². The molecule has 0 bridgehead atoms. The number of hydrogen-bond donors (Lipinski definition) is 0. The lowest BCUT2D eigenvalue weighted by Gasteiger charge is -2.49. The second-order valence-electron chi connectivity index (χ2n) is 8.32. The standard InChI is InChI=1S/C21H28F2N2O4/c1-27-8-7-25-6-2-5-20(19(25)26)13-21(22,23)15-24(14-20)12-16-3-4-17-18(11-16)29-10-9-28-17/h3-4,11H,2,5-10,12-15H2,1H3/t20-/m0/s1. The first kappa shape index (κ1) is 20.3. The fourth-order valence-electron chi connectivity index (χ4n) is 4.85. The molecule has 3 aliphatic heterocycles. The van der Waals surface area contributed by atoms with Crippen LogP contribution >= 0.6 is 0 Å². The maximum atomic E-state index is 14.7. The van der Waals surface area contributed by atoms with Gasteiger partial charge in [-0.25, -0.2) is 8.78 Å². The number of carbonyl (C=O) groups excluding carboxylic acids is 1. The van der Waals surface area contributed by atoms with E-state index in [9.17, 15) is 13.6 Å². The van der Waals surface area contributed by atoms with E-state index in [2.05, 4.69) is 0 Å². The molecule has 0 aromatic heterocycles. The molecule has 3 aliphatic rings. The Morgan fingerprint density at radius 1 is 1.17 bits per heavy atom. The summed E-state index contributed by atoms with van der Waals surface area (Å²) >= 11 is 0. The number of amides is 1. The zero-order chi connectivity index (χ0) is 20.5. The van der Waals surface area contributed by atoms with E-state index in [0.29, 0.717) is 63.9 Å². The van der Waals surface area contributed by atoms with E-state index in [-0.39, 0.29) is 18.9 Å². The smallest absolute Gasteiger partial charge is 0.261 e. The SMILES string of the molecule is COCCN1CCC[C@]2(CN(Cc3ccc4c(c3)OCCO4)CC(F)(F)C2)C1=O. The Morgan fingerprint density at radius 2 is 1.97 bits per heavy atom. The normalized spacial score (nSPS) is 26.7. The summed E-state index contributed by atoms with van der Waals surface area (Å²) in [5.41, 5.74) is -0.150. The molecule has 1 amide bonds. The van der Waals surface area contributed by atoms with Gasteiger partial charge in [0.2, 0.25) is 5.91 Å². The summed E-state index contributed by atoms with van der Waals surface area (Å²) in [6, 6.07) is 5.54. The van der Waals surface area contributed by atoms with Crippen molar-refractivity contribution in [2.24, 2.45) is 5.41 Å². The van der Waals surface area contributed by atoms with Crippen LogP contribution in [0.3, 0.4) is 0 Å². The third-order valence-corrected chi connectivity index (χ3v) is 5.98. The average molecular weight is 410 g/mol. The molecule has 0 unspecified atom stereocenters. The third-order valence-electron chi connectivity index (χ3n) is 5.98. The van der Waals surface area contributed by atoms with Crippen molar-refractivity contribution in [3.63, 3.8) is 0 Å². The predicted molar refractivity (Wildman–Crippen MR) is 102 cm³/mol. The Balaban J connectivity index is 1.52. The first-order chi connectivity index (χ1) is 13.9. The van der Waals surface area contributed by atoms with Crippen molar-refractivity contribution >= 4 is 5.91 Å². The van der Waals surface area contributed by atoms with Crippen molar-refractivity contribution in [2.75, 3.05) is 53.1 Å². The fraction of sp³-hybridized carbons (Fsp3) is 0.667. The molecule has 2 saturated heterocycles. The van der Waals surface area contributed by atoms with Crippen LogP contribution in [0.2, 0.25) is 0 Å². The van der Waals surface area contributed by atoms with Crippen molar-refractivity contribution in [1.29, 1.82) is 0 Å². The number of likely N-dealkylation sites (tertiary alicyclic amines) is 2. The number of hydrogen-bond acceptors (Lipinski definition) is 5. The summed E-state index contributed by atoms with van der Waals surface area (Å²) in [6.07, 6.45) is 0.867. The highest BCUT2D eigenvalue weighted by molar-refractivity contribution is 5.84. The van der Waals surface area contributed by atoms with Gasteiger partial charge in [0.1, 0.15) is 13.2 Å². The lowest BCUT2D eigenvalue weighted by Crippen LogP contribution is -2.61. The number of nitrogens with zero attached hydrogens (tertiary/aromatic N) is 2. The van der Waals surface area contributed by atoms with Crippen molar-refractivity contribution < 1.29 is 27.8 Å². The second-order valence-corrected chi connectivity index (χ2v) is 8.32. The van der Waals surface area contributed by atoms with Crippen molar-refractivity contribution in [1.82, 2.24) is 9.80 Å². The number of alkyl halides is 2. The van der Waals surface area contributed by atoms with E-state index in [4.69, 9.17) is 14.2 Å². The quantitative estimate of drug-likeness (QED) is 0.747. The first-order valence-electron chi connectivity index (χ1n) is 10.2. The van der Waals surface area contributed by atoms with E-state index in [1.807, 2.05) is 18.2 Å². The number of rotatable bonds is 5. The van der Waals surface area contributed by atoms with Crippen LogP contribution in [0.4, 0.5) is 8.78 Å². The second kappa shape index (κ2) is 8.07. The molecule has 1 spiro atoms. The zero-order valence-electron chi connectivity index (χ0n) is 16.8. The molecule has 1 aromatic carbocycles. The number of carbonyl (C=O) groups is 1. The third kappa shape index (κ3) is 4.33. The van der Waals surface area contributed by atoms with Crippen LogP contribution < -0.4 is 9.47 Å². The Bertz CT molecular complexity index is 760. The van der Waals surface area contributed by atoms with Crippen LogP contribution in [-0.2, 0) is 16.1 Å². The molecule has 6 nitrogen and oxygen atoms in total. The molecule has 4 rings (SSSR count). The summed E-state index contributed by atoms with van der Waals surface area (Å²) in [7, 11) is 1.58. The highest BCUT2D eigenvalue weighted by atomic mass is 19.3. The molecule has 0 N–H and O–H groups in total. The maximum absolute atomic E-state index is 14.7.